The van der Waals surface area contributed by atoms with Crippen molar-refractivity contribution in [2.24, 2.45) is 0 Å². The second kappa shape index (κ2) is 5.92. The Hall–Kier alpha value is -0.780. The minimum absolute atomic E-state index is 0.294. The summed E-state index contributed by atoms with van der Waals surface area (Å²) in [5.74, 6) is -1.48. The van der Waals surface area contributed by atoms with Crippen LogP contribution in [0.2, 0.25) is 0 Å². The summed E-state index contributed by atoms with van der Waals surface area (Å²) in [5, 5.41) is 10.3. The highest BCUT2D eigenvalue weighted by atomic mass is 79.9. The van der Waals surface area contributed by atoms with Crippen molar-refractivity contribution in [1.82, 2.24) is 0 Å². The molecule has 5 heteroatoms. The molecule has 2 rings (SSSR count). The first-order valence-electron chi connectivity index (χ1n) is 5.91. The van der Waals surface area contributed by atoms with Gasteiger partial charge in [-0.05, 0) is 43.2 Å². The topological polar surface area (TPSA) is 20.2 Å². The van der Waals surface area contributed by atoms with Gasteiger partial charge in [0, 0.05) is 14.5 Å². The first-order chi connectivity index (χ1) is 9.32. The summed E-state index contributed by atoms with van der Waals surface area (Å²) >= 11 is 6.67. The molecule has 106 valence electrons. The van der Waals surface area contributed by atoms with Crippen LogP contribution < -0.4 is 0 Å². The lowest BCUT2D eigenvalue weighted by molar-refractivity contribution is 0.208. The fourth-order valence-electron chi connectivity index (χ4n) is 1.96. The van der Waals surface area contributed by atoms with E-state index in [0.29, 0.717) is 15.6 Å². The molecule has 2 aromatic carbocycles. The third-order valence-corrected chi connectivity index (χ3v) is 4.71. The molecule has 0 aliphatic carbocycles. The first kappa shape index (κ1) is 15.6. The normalized spacial score (nSPS) is 12.6. The Morgan fingerprint density at radius 2 is 1.65 bits per heavy atom. The molecule has 20 heavy (non-hydrogen) atoms. The lowest BCUT2D eigenvalue weighted by atomic mass is 9.98. The Kier molecular flexibility index (Phi) is 4.62. The van der Waals surface area contributed by atoms with Crippen molar-refractivity contribution in [3.05, 3.63) is 67.1 Å². The average Bonchev–Trinajstić information content (AvgIpc) is 2.38. The Bertz CT molecular complexity index is 671. The first-order valence-corrected chi connectivity index (χ1v) is 7.49. The summed E-state index contributed by atoms with van der Waals surface area (Å²) in [7, 11) is 0. The highest BCUT2D eigenvalue weighted by Crippen LogP contribution is 2.35. The number of benzene rings is 2. The van der Waals surface area contributed by atoms with Gasteiger partial charge in [-0.1, -0.05) is 37.9 Å². The van der Waals surface area contributed by atoms with Gasteiger partial charge in [-0.2, -0.15) is 0 Å². The Labute approximate surface area is 132 Å². The molecule has 1 atom stereocenters. The molecule has 2 aromatic rings. The molecule has 0 bridgehead atoms. The maximum Gasteiger partial charge on any atom is 0.135 e. The van der Waals surface area contributed by atoms with Crippen molar-refractivity contribution in [3.8, 4) is 0 Å². The van der Waals surface area contributed by atoms with Crippen LogP contribution in [0.1, 0.15) is 28.4 Å². The van der Waals surface area contributed by atoms with E-state index in [-0.39, 0.29) is 5.56 Å². The number of hydrogen-bond acceptors (Lipinski definition) is 1. The predicted molar refractivity (Wildman–Crippen MR) is 81.7 cm³/mol. The number of rotatable bonds is 2. The summed E-state index contributed by atoms with van der Waals surface area (Å²) in [6, 6.07) is 5.95. The van der Waals surface area contributed by atoms with Crippen LogP contribution in [0, 0.1) is 25.5 Å². The zero-order chi connectivity index (χ0) is 15.0. The molecular formula is C15H12Br2F2O. The minimum Gasteiger partial charge on any atom is -0.383 e. The van der Waals surface area contributed by atoms with Crippen molar-refractivity contribution in [2.45, 2.75) is 20.0 Å². The molecular weight excluding hydrogens is 394 g/mol. The second-order valence-corrected chi connectivity index (χ2v) is 6.33. The Balaban J connectivity index is 2.60. The van der Waals surface area contributed by atoms with Gasteiger partial charge < -0.3 is 5.11 Å². The molecule has 0 aromatic heterocycles. The van der Waals surface area contributed by atoms with Crippen molar-refractivity contribution >= 4 is 31.9 Å². The highest BCUT2D eigenvalue weighted by Gasteiger charge is 2.23. The van der Waals surface area contributed by atoms with Gasteiger partial charge in [-0.15, -0.1) is 0 Å². The number of aliphatic hydroxyl groups is 1. The van der Waals surface area contributed by atoms with E-state index >= 15 is 0 Å². The van der Waals surface area contributed by atoms with Crippen LogP contribution in [0.15, 0.2) is 33.2 Å². The summed E-state index contributed by atoms with van der Waals surface area (Å²) < 4.78 is 29.3. The molecule has 1 unspecified atom stereocenters. The predicted octanol–water partition coefficient (Wildman–Crippen LogP) is 5.19. The molecule has 0 fully saturated rings. The number of aliphatic hydroxyl groups excluding tert-OH is 1. The highest BCUT2D eigenvalue weighted by molar-refractivity contribution is 9.11. The Morgan fingerprint density at radius 3 is 2.30 bits per heavy atom. The fraction of sp³-hybridized carbons (Fsp3) is 0.200. The SMILES string of the molecule is Cc1cc(Br)c(C(O)c2c(F)ccc(C)c2F)cc1Br. The molecule has 0 saturated heterocycles. The lowest BCUT2D eigenvalue weighted by Crippen LogP contribution is -2.08. The van der Waals surface area contributed by atoms with Crippen molar-refractivity contribution in [2.75, 3.05) is 0 Å². The Morgan fingerprint density at radius 1 is 1.00 bits per heavy atom. The number of hydrogen-bond donors (Lipinski definition) is 1. The standard InChI is InChI=1S/C15H12Br2F2O/c1-7-3-4-12(18)13(14(7)19)15(20)9-6-10(16)8(2)5-11(9)17/h3-6,15,20H,1-2H3. The average molecular weight is 406 g/mol. The van der Waals surface area contributed by atoms with Crippen molar-refractivity contribution < 1.29 is 13.9 Å². The van der Waals surface area contributed by atoms with Gasteiger partial charge >= 0.3 is 0 Å². The quantitative estimate of drug-likeness (QED) is 0.728. The van der Waals surface area contributed by atoms with Gasteiger partial charge in [0.25, 0.3) is 0 Å². The van der Waals surface area contributed by atoms with Crippen molar-refractivity contribution in [3.63, 3.8) is 0 Å². The number of halogens is 4. The van der Waals surface area contributed by atoms with E-state index in [1.165, 1.54) is 13.0 Å². The van der Waals surface area contributed by atoms with Gasteiger partial charge in [-0.25, -0.2) is 8.78 Å². The summed E-state index contributed by atoms with van der Waals surface area (Å²) in [5.41, 5.74) is 1.33. The van der Waals surface area contributed by atoms with E-state index < -0.39 is 17.7 Å². The monoisotopic (exact) mass is 404 g/mol. The molecule has 0 radical (unpaired) electrons. The molecule has 1 N–H and O–H groups in total. The third kappa shape index (κ3) is 2.80. The summed E-state index contributed by atoms with van der Waals surface area (Å²) in [6.07, 6.45) is -1.37. The second-order valence-electron chi connectivity index (χ2n) is 4.62. The van der Waals surface area contributed by atoms with E-state index in [2.05, 4.69) is 31.9 Å². The van der Waals surface area contributed by atoms with Crippen molar-refractivity contribution in [1.29, 1.82) is 0 Å². The third-order valence-electron chi connectivity index (χ3n) is 3.17. The molecule has 0 aliphatic rings. The van der Waals surface area contributed by atoms with E-state index in [1.54, 1.807) is 12.1 Å². The molecule has 0 saturated carbocycles. The largest absolute Gasteiger partial charge is 0.383 e. The van der Waals surface area contributed by atoms with Gasteiger partial charge in [0.1, 0.15) is 17.7 Å². The van der Waals surface area contributed by atoms with E-state index in [9.17, 15) is 13.9 Å². The van der Waals surface area contributed by atoms with Crippen LogP contribution in [0.4, 0.5) is 8.78 Å². The van der Waals surface area contributed by atoms with E-state index in [4.69, 9.17) is 0 Å². The lowest BCUT2D eigenvalue weighted by Gasteiger charge is -2.17. The van der Waals surface area contributed by atoms with Gasteiger partial charge in [0.2, 0.25) is 0 Å². The van der Waals surface area contributed by atoms with Crippen LogP contribution in [0.25, 0.3) is 0 Å². The molecule has 0 aliphatic heterocycles. The molecule has 0 heterocycles. The van der Waals surface area contributed by atoms with Gasteiger partial charge in [0.15, 0.2) is 0 Å². The maximum absolute atomic E-state index is 14.1. The summed E-state index contributed by atoms with van der Waals surface area (Å²) in [4.78, 5) is 0. The van der Waals surface area contributed by atoms with Gasteiger partial charge in [0.05, 0.1) is 5.56 Å². The number of aryl methyl sites for hydroxylation is 2. The van der Waals surface area contributed by atoms with Crippen LogP contribution in [-0.2, 0) is 0 Å². The summed E-state index contributed by atoms with van der Waals surface area (Å²) in [6.45, 7) is 3.42. The minimum atomic E-state index is -1.37. The van der Waals surface area contributed by atoms with E-state index in [1.807, 2.05) is 6.92 Å². The van der Waals surface area contributed by atoms with Crippen LogP contribution in [-0.4, -0.2) is 5.11 Å². The van der Waals surface area contributed by atoms with Crippen LogP contribution >= 0.6 is 31.9 Å². The molecule has 0 amide bonds. The molecule has 1 nitrogen and oxygen atoms in total. The van der Waals surface area contributed by atoms with E-state index in [0.717, 1.165) is 16.1 Å². The van der Waals surface area contributed by atoms with Crippen LogP contribution in [0.3, 0.4) is 0 Å². The zero-order valence-electron chi connectivity index (χ0n) is 10.8. The smallest absolute Gasteiger partial charge is 0.135 e. The molecule has 0 spiro atoms. The maximum atomic E-state index is 14.1. The zero-order valence-corrected chi connectivity index (χ0v) is 14.0. The van der Waals surface area contributed by atoms with Gasteiger partial charge in [-0.3, -0.25) is 0 Å². The fourth-order valence-corrected chi connectivity index (χ4v) is 2.99. The van der Waals surface area contributed by atoms with Crippen LogP contribution in [0.5, 0.6) is 0 Å².